The van der Waals surface area contributed by atoms with Gasteiger partial charge in [-0.3, -0.25) is 9.78 Å². The van der Waals surface area contributed by atoms with Gasteiger partial charge in [-0.05, 0) is 12.3 Å². The van der Waals surface area contributed by atoms with Crippen molar-refractivity contribution < 1.29 is 5.11 Å². The normalized spacial score (nSPS) is 13.0. The number of H-pyrrole nitrogens is 1. The molecule has 2 aromatic rings. The molecular weight excluding hydrogens is 234 g/mol. The first kappa shape index (κ1) is 12.6. The van der Waals surface area contributed by atoms with Gasteiger partial charge in [0.2, 0.25) is 5.95 Å². The van der Waals surface area contributed by atoms with E-state index in [0.29, 0.717) is 23.6 Å². The number of nitrogens with zero attached hydrogens (tertiary/aromatic N) is 3. The average Bonchev–Trinajstić information content (AvgIpc) is 2.72. The lowest BCUT2D eigenvalue weighted by Crippen LogP contribution is -2.14. The third-order valence-electron chi connectivity index (χ3n) is 3.06. The Bertz CT molecular complexity index is 589. The molecule has 7 nitrogen and oxygen atoms in total. The summed E-state index contributed by atoms with van der Waals surface area (Å²) in [6.45, 7) is 2.89. The van der Waals surface area contributed by atoms with Crippen LogP contribution in [0.5, 0.6) is 0 Å². The number of anilines is 1. The van der Waals surface area contributed by atoms with Gasteiger partial charge in [0, 0.05) is 13.2 Å². The molecule has 0 saturated carbocycles. The maximum absolute atomic E-state index is 11.6. The van der Waals surface area contributed by atoms with Crippen molar-refractivity contribution in [2.45, 2.75) is 26.3 Å². The standard InChI is InChI=1S/C11H17N5O2/c1-2-7(3-4-17)5-16-6-13-8-9(16)14-11(12)15-10(8)18/h6-7,17H,2-5H2,1H3,(H3,12,14,15,18)/t7-/m1/s1. The van der Waals surface area contributed by atoms with Crippen molar-refractivity contribution in [3.8, 4) is 0 Å². The van der Waals surface area contributed by atoms with Crippen LogP contribution in [0.25, 0.3) is 11.2 Å². The molecule has 0 aliphatic rings. The first-order chi connectivity index (χ1) is 8.65. The highest BCUT2D eigenvalue weighted by atomic mass is 16.3. The smallest absolute Gasteiger partial charge is 0.280 e. The lowest BCUT2D eigenvalue weighted by atomic mass is 10.0. The number of hydrogen-bond acceptors (Lipinski definition) is 5. The second-order valence-electron chi connectivity index (χ2n) is 4.31. The van der Waals surface area contributed by atoms with Crippen LogP contribution in [0, 0.1) is 5.92 Å². The van der Waals surface area contributed by atoms with E-state index >= 15 is 0 Å². The van der Waals surface area contributed by atoms with Gasteiger partial charge in [0.25, 0.3) is 5.56 Å². The SMILES string of the molecule is CC[C@H](CCO)Cn1cnc2c(=O)[nH]c(N)nc21. The molecule has 2 rings (SSSR count). The molecule has 2 aromatic heterocycles. The molecule has 0 amide bonds. The van der Waals surface area contributed by atoms with Gasteiger partial charge in [0.05, 0.1) is 6.33 Å². The summed E-state index contributed by atoms with van der Waals surface area (Å²) in [6.07, 6.45) is 3.25. The highest BCUT2D eigenvalue weighted by molar-refractivity contribution is 5.70. The van der Waals surface area contributed by atoms with E-state index < -0.39 is 0 Å². The number of nitrogens with one attached hydrogen (secondary N) is 1. The molecule has 0 spiro atoms. The predicted molar refractivity (Wildman–Crippen MR) is 68.0 cm³/mol. The van der Waals surface area contributed by atoms with Crippen molar-refractivity contribution >= 4 is 17.1 Å². The van der Waals surface area contributed by atoms with Crippen LogP contribution in [0.15, 0.2) is 11.1 Å². The zero-order valence-electron chi connectivity index (χ0n) is 10.3. The largest absolute Gasteiger partial charge is 0.396 e. The topological polar surface area (TPSA) is 110 Å². The highest BCUT2D eigenvalue weighted by Gasteiger charge is 2.12. The number of fused-ring (bicyclic) bond motifs is 1. The monoisotopic (exact) mass is 251 g/mol. The molecule has 0 bridgehead atoms. The molecule has 4 N–H and O–H groups in total. The first-order valence-electron chi connectivity index (χ1n) is 5.97. The fraction of sp³-hybridized carbons (Fsp3) is 0.545. The average molecular weight is 251 g/mol. The summed E-state index contributed by atoms with van der Waals surface area (Å²) in [7, 11) is 0. The van der Waals surface area contributed by atoms with E-state index in [4.69, 9.17) is 10.8 Å². The quantitative estimate of drug-likeness (QED) is 0.698. The minimum atomic E-state index is -0.327. The number of aromatic nitrogens is 4. The van der Waals surface area contributed by atoms with Gasteiger partial charge in [-0.15, -0.1) is 0 Å². The lowest BCUT2D eigenvalue weighted by Gasteiger charge is -2.14. The Morgan fingerprint density at radius 2 is 2.39 bits per heavy atom. The molecule has 7 heteroatoms. The van der Waals surface area contributed by atoms with Crippen molar-refractivity contribution in [2.24, 2.45) is 5.92 Å². The number of aliphatic hydroxyl groups is 1. The molecule has 0 fully saturated rings. The van der Waals surface area contributed by atoms with E-state index in [0.717, 1.165) is 12.8 Å². The van der Waals surface area contributed by atoms with Crippen LogP contribution < -0.4 is 11.3 Å². The molecule has 0 aliphatic heterocycles. The van der Waals surface area contributed by atoms with Gasteiger partial charge in [-0.25, -0.2) is 4.98 Å². The molecule has 0 unspecified atom stereocenters. The summed E-state index contributed by atoms with van der Waals surface area (Å²) >= 11 is 0. The summed E-state index contributed by atoms with van der Waals surface area (Å²) in [5.74, 6) is 0.416. The molecule has 18 heavy (non-hydrogen) atoms. The predicted octanol–water partition coefficient (Wildman–Crippen LogP) is 0.110. The number of nitrogens with two attached hydrogens (primary N) is 1. The Hall–Kier alpha value is -1.89. The Kier molecular flexibility index (Phi) is 3.61. The van der Waals surface area contributed by atoms with Crippen molar-refractivity contribution in [1.29, 1.82) is 0 Å². The zero-order chi connectivity index (χ0) is 13.1. The Morgan fingerprint density at radius 1 is 1.61 bits per heavy atom. The second-order valence-corrected chi connectivity index (χ2v) is 4.31. The van der Waals surface area contributed by atoms with E-state index in [1.165, 1.54) is 0 Å². The summed E-state index contributed by atoms with van der Waals surface area (Å²) in [5, 5.41) is 8.98. The third-order valence-corrected chi connectivity index (χ3v) is 3.06. The molecule has 0 aliphatic carbocycles. The number of nitrogen functional groups attached to an aromatic ring is 1. The fourth-order valence-corrected chi connectivity index (χ4v) is 1.99. The van der Waals surface area contributed by atoms with Gasteiger partial charge in [0.15, 0.2) is 11.2 Å². The molecule has 1 atom stereocenters. The van der Waals surface area contributed by atoms with Gasteiger partial charge in [0.1, 0.15) is 0 Å². The molecule has 98 valence electrons. The summed E-state index contributed by atoms with van der Waals surface area (Å²) in [6, 6.07) is 0. The fourth-order valence-electron chi connectivity index (χ4n) is 1.99. The van der Waals surface area contributed by atoms with Crippen LogP contribution in [0.2, 0.25) is 0 Å². The number of aliphatic hydroxyl groups excluding tert-OH is 1. The summed E-state index contributed by atoms with van der Waals surface area (Å²) < 4.78 is 1.81. The van der Waals surface area contributed by atoms with E-state index in [1.54, 1.807) is 6.33 Å². The van der Waals surface area contributed by atoms with Crippen LogP contribution in [0.1, 0.15) is 19.8 Å². The van der Waals surface area contributed by atoms with Crippen LogP contribution in [0.3, 0.4) is 0 Å². The van der Waals surface area contributed by atoms with Crippen LogP contribution in [-0.2, 0) is 6.54 Å². The zero-order valence-corrected chi connectivity index (χ0v) is 10.3. The van der Waals surface area contributed by atoms with Gasteiger partial charge in [-0.2, -0.15) is 4.98 Å². The van der Waals surface area contributed by atoms with E-state index in [9.17, 15) is 4.79 Å². The van der Waals surface area contributed by atoms with E-state index in [1.807, 2.05) is 4.57 Å². The third kappa shape index (κ3) is 2.35. The minimum Gasteiger partial charge on any atom is -0.396 e. The van der Waals surface area contributed by atoms with Gasteiger partial charge in [-0.1, -0.05) is 13.3 Å². The van der Waals surface area contributed by atoms with Crippen molar-refractivity contribution in [3.63, 3.8) is 0 Å². The van der Waals surface area contributed by atoms with Crippen LogP contribution >= 0.6 is 0 Å². The van der Waals surface area contributed by atoms with Crippen molar-refractivity contribution in [1.82, 2.24) is 19.5 Å². The number of rotatable bonds is 5. The van der Waals surface area contributed by atoms with Crippen LogP contribution in [0.4, 0.5) is 5.95 Å². The molecular formula is C11H17N5O2. The second kappa shape index (κ2) is 5.18. The van der Waals surface area contributed by atoms with E-state index in [-0.39, 0.29) is 18.1 Å². The Labute approximate surface area is 104 Å². The molecule has 0 saturated heterocycles. The van der Waals surface area contributed by atoms with Gasteiger partial charge < -0.3 is 15.4 Å². The van der Waals surface area contributed by atoms with Crippen LogP contribution in [-0.4, -0.2) is 31.2 Å². The highest BCUT2D eigenvalue weighted by Crippen LogP contribution is 2.14. The van der Waals surface area contributed by atoms with Gasteiger partial charge >= 0.3 is 0 Å². The molecule has 0 radical (unpaired) electrons. The number of hydrogen-bond donors (Lipinski definition) is 3. The lowest BCUT2D eigenvalue weighted by molar-refractivity contribution is 0.244. The first-order valence-corrected chi connectivity index (χ1v) is 5.97. The maximum Gasteiger partial charge on any atom is 0.280 e. The molecule has 0 aromatic carbocycles. The summed E-state index contributed by atoms with van der Waals surface area (Å²) in [4.78, 5) is 22.2. The Balaban J connectivity index is 2.37. The summed E-state index contributed by atoms with van der Waals surface area (Å²) in [5.41, 5.74) is 5.99. The maximum atomic E-state index is 11.6. The number of aromatic amines is 1. The van der Waals surface area contributed by atoms with Crippen molar-refractivity contribution in [2.75, 3.05) is 12.3 Å². The van der Waals surface area contributed by atoms with Crippen molar-refractivity contribution in [3.05, 3.63) is 16.7 Å². The minimum absolute atomic E-state index is 0.0875. The van der Waals surface area contributed by atoms with E-state index in [2.05, 4.69) is 21.9 Å². The Morgan fingerprint density at radius 3 is 3.06 bits per heavy atom. The number of imidazole rings is 1. The molecule has 2 heterocycles.